The standard InChI is InChI=1S/C20H24N2O3/c1-15(2)14-25-20(24)16-9-11-17(12-10-16)21-19(23)13-22(3)18-7-5-4-6-8-18/h4-12,15H,13-14H2,1-3H3,(H,21,23). The zero-order valence-electron chi connectivity index (χ0n) is 14.9. The summed E-state index contributed by atoms with van der Waals surface area (Å²) in [6.07, 6.45) is 0. The van der Waals surface area contributed by atoms with Crippen LogP contribution in [0.25, 0.3) is 0 Å². The molecule has 0 unspecified atom stereocenters. The minimum atomic E-state index is -0.351. The lowest BCUT2D eigenvalue weighted by molar-refractivity contribution is -0.114. The van der Waals surface area contributed by atoms with Gasteiger partial charge in [0.05, 0.1) is 18.7 Å². The summed E-state index contributed by atoms with van der Waals surface area (Å²) in [4.78, 5) is 25.9. The van der Waals surface area contributed by atoms with E-state index in [1.54, 1.807) is 24.3 Å². The van der Waals surface area contributed by atoms with Gasteiger partial charge in [0.25, 0.3) is 0 Å². The third-order valence-electron chi connectivity index (χ3n) is 3.53. The van der Waals surface area contributed by atoms with Crippen molar-refractivity contribution >= 4 is 23.3 Å². The van der Waals surface area contributed by atoms with Gasteiger partial charge >= 0.3 is 5.97 Å². The zero-order valence-corrected chi connectivity index (χ0v) is 14.9. The fourth-order valence-electron chi connectivity index (χ4n) is 2.21. The number of ether oxygens (including phenoxy) is 1. The molecule has 0 aromatic heterocycles. The molecule has 2 aromatic carbocycles. The molecule has 2 rings (SSSR count). The number of para-hydroxylation sites is 1. The smallest absolute Gasteiger partial charge is 0.338 e. The van der Waals surface area contributed by atoms with Gasteiger partial charge in [0.15, 0.2) is 0 Å². The summed E-state index contributed by atoms with van der Waals surface area (Å²) in [5.41, 5.74) is 2.09. The van der Waals surface area contributed by atoms with Gasteiger partial charge in [-0.15, -0.1) is 0 Å². The molecular weight excluding hydrogens is 316 g/mol. The number of nitrogens with zero attached hydrogens (tertiary/aromatic N) is 1. The summed E-state index contributed by atoms with van der Waals surface area (Å²) in [6.45, 7) is 4.60. The second-order valence-corrected chi connectivity index (χ2v) is 6.31. The number of carbonyl (C=O) groups excluding carboxylic acids is 2. The molecule has 0 aliphatic rings. The maximum atomic E-state index is 12.1. The number of nitrogens with one attached hydrogen (secondary N) is 1. The third-order valence-corrected chi connectivity index (χ3v) is 3.53. The van der Waals surface area contributed by atoms with Gasteiger partial charge in [-0.2, -0.15) is 0 Å². The van der Waals surface area contributed by atoms with E-state index in [0.29, 0.717) is 23.8 Å². The Morgan fingerprint density at radius 1 is 1.04 bits per heavy atom. The van der Waals surface area contributed by atoms with E-state index in [9.17, 15) is 9.59 Å². The van der Waals surface area contributed by atoms with Crippen molar-refractivity contribution in [2.75, 3.05) is 30.4 Å². The van der Waals surface area contributed by atoms with Crippen LogP contribution in [-0.2, 0) is 9.53 Å². The Balaban J connectivity index is 1.88. The first-order valence-electron chi connectivity index (χ1n) is 8.29. The fraction of sp³-hybridized carbons (Fsp3) is 0.300. The molecule has 0 saturated heterocycles. The van der Waals surface area contributed by atoms with E-state index in [1.807, 2.05) is 56.1 Å². The van der Waals surface area contributed by atoms with Crippen LogP contribution in [-0.4, -0.2) is 32.1 Å². The molecule has 0 aliphatic heterocycles. The number of amides is 1. The number of rotatable bonds is 7. The van der Waals surface area contributed by atoms with E-state index in [4.69, 9.17) is 4.74 Å². The van der Waals surface area contributed by atoms with Crippen molar-refractivity contribution < 1.29 is 14.3 Å². The lowest BCUT2D eigenvalue weighted by Crippen LogP contribution is -2.29. The summed E-state index contributed by atoms with van der Waals surface area (Å²) >= 11 is 0. The molecule has 0 aliphatic carbocycles. The van der Waals surface area contributed by atoms with Crippen molar-refractivity contribution in [2.24, 2.45) is 5.92 Å². The number of benzene rings is 2. The highest BCUT2D eigenvalue weighted by molar-refractivity contribution is 5.95. The van der Waals surface area contributed by atoms with Gasteiger partial charge in [0.1, 0.15) is 0 Å². The maximum absolute atomic E-state index is 12.1. The lowest BCUT2D eigenvalue weighted by Gasteiger charge is -2.18. The Labute approximate surface area is 148 Å². The third kappa shape index (κ3) is 5.95. The topological polar surface area (TPSA) is 58.6 Å². The summed E-state index contributed by atoms with van der Waals surface area (Å²) in [5, 5.41) is 2.83. The van der Waals surface area contributed by atoms with Crippen LogP contribution in [0.5, 0.6) is 0 Å². The van der Waals surface area contributed by atoms with Gasteiger partial charge in [0, 0.05) is 18.4 Å². The molecule has 0 bridgehead atoms. The number of anilines is 2. The molecule has 5 heteroatoms. The molecule has 0 heterocycles. The molecule has 0 fully saturated rings. The number of hydrogen-bond donors (Lipinski definition) is 1. The summed E-state index contributed by atoms with van der Waals surface area (Å²) in [7, 11) is 1.86. The molecule has 25 heavy (non-hydrogen) atoms. The number of esters is 1. The summed E-state index contributed by atoms with van der Waals surface area (Å²) < 4.78 is 5.18. The lowest BCUT2D eigenvalue weighted by atomic mass is 10.2. The van der Waals surface area contributed by atoms with Gasteiger partial charge in [-0.05, 0) is 42.3 Å². The van der Waals surface area contributed by atoms with Gasteiger partial charge in [-0.3, -0.25) is 4.79 Å². The molecular formula is C20H24N2O3. The Bertz CT molecular complexity index is 697. The Kier molecular flexibility index (Phi) is 6.57. The van der Waals surface area contributed by atoms with Crippen LogP contribution in [0.4, 0.5) is 11.4 Å². The molecule has 2 aromatic rings. The first-order chi connectivity index (χ1) is 12.0. The highest BCUT2D eigenvalue weighted by Crippen LogP contribution is 2.13. The molecule has 0 saturated carbocycles. The Morgan fingerprint density at radius 3 is 2.28 bits per heavy atom. The van der Waals surface area contributed by atoms with Gasteiger partial charge in [-0.25, -0.2) is 4.79 Å². The van der Waals surface area contributed by atoms with Crippen molar-refractivity contribution in [1.29, 1.82) is 0 Å². The van der Waals surface area contributed by atoms with Crippen LogP contribution in [0.3, 0.4) is 0 Å². The highest BCUT2D eigenvalue weighted by Gasteiger charge is 2.10. The van der Waals surface area contributed by atoms with Gasteiger partial charge in [0.2, 0.25) is 5.91 Å². The monoisotopic (exact) mass is 340 g/mol. The van der Waals surface area contributed by atoms with Gasteiger partial charge < -0.3 is 15.0 Å². The molecule has 132 valence electrons. The minimum Gasteiger partial charge on any atom is -0.462 e. The van der Waals surface area contributed by atoms with E-state index < -0.39 is 0 Å². The second-order valence-electron chi connectivity index (χ2n) is 6.31. The van der Waals surface area contributed by atoms with Crippen LogP contribution in [0, 0.1) is 5.92 Å². The average Bonchev–Trinajstić information content (AvgIpc) is 2.61. The number of likely N-dealkylation sites (N-methyl/N-ethyl adjacent to an activating group) is 1. The van der Waals surface area contributed by atoms with Crippen LogP contribution < -0.4 is 10.2 Å². The number of hydrogen-bond acceptors (Lipinski definition) is 4. The number of carbonyl (C=O) groups is 2. The van der Waals surface area contributed by atoms with Gasteiger partial charge in [-0.1, -0.05) is 32.0 Å². The molecule has 5 nitrogen and oxygen atoms in total. The SMILES string of the molecule is CC(C)COC(=O)c1ccc(NC(=O)CN(C)c2ccccc2)cc1. The molecule has 1 N–H and O–H groups in total. The maximum Gasteiger partial charge on any atom is 0.338 e. The zero-order chi connectivity index (χ0) is 18.2. The predicted molar refractivity (Wildman–Crippen MR) is 99.9 cm³/mol. The van der Waals surface area contributed by atoms with E-state index in [1.165, 1.54) is 0 Å². The fourth-order valence-corrected chi connectivity index (χ4v) is 2.21. The first-order valence-corrected chi connectivity index (χ1v) is 8.29. The first kappa shape index (κ1) is 18.5. The molecule has 0 spiro atoms. The van der Waals surface area contributed by atoms with Crippen LogP contribution >= 0.6 is 0 Å². The Morgan fingerprint density at radius 2 is 1.68 bits per heavy atom. The van der Waals surface area contributed by atoms with Crippen molar-refractivity contribution in [3.05, 3.63) is 60.2 Å². The largest absolute Gasteiger partial charge is 0.462 e. The quantitative estimate of drug-likeness (QED) is 0.783. The van der Waals surface area contributed by atoms with Crippen LogP contribution in [0.15, 0.2) is 54.6 Å². The van der Waals surface area contributed by atoms with E-state index in [0.717, 1.165) is 5.69 Å². The predicted octanol–water partition coefficient (Wildman–Crippen LogP) is 3.57. The molecule has 0 atom stereocenters. The van der Waals surface area contributed by atoms with Crippen LogP contribution in [0.2, 0.25) is 0 Å². The summed E-state index contributed by atoms with van der Waals surface area (Å²) in [5.74, 6) is -0.180. The van der Waals surface area contributed by atoms with E-state index >= 15 is 0 Å². The normalized spacial score (nSPS) is 10.4. The second kappa shape index (κ2) is 8.87. The minimum absolute atomic E-state index is 0.124. The Hall–Kier alpha value is -2.82. The molecule has 1 amide bonds. The average molecular weight is 340 g/mol. The summed E-state index contributed by atoms with van der Waals surface area (Å²) in [6, 6.07) is 16.4. The van der Waals surface area contributed by atoms with E-state index in [2.05, 4.69) is 5.32 Å². The molecule has 0 radical (unpaired) electrons. The van der Waals surface area contributed by atoms with Crippen molar-refractivity contribution in [2.45, 2.75) is 13.8 Å². The van der Waals surface area contributed by atoms with Crippen molar-refractivity contribution in [3.63, 3.8) is 0 Å². The van der Waals surface area contributed by atoms with Crippen molar-refractivity contribution in [1.82, 2.24) is 0 Å². The van der Waals surface area contributed by atoms with E-state index in [-0.39, 0.29) is 18.4 Å². The van der Waals surface area contributed by atoms with Crippen molar-refractivity contribution in [3.8, 4) is 0 Å². The highest BCUT2D eigenvalue weighted by atomic mass is 16.5. The van der Waals surface area contributed by atoms with Crippen LogP contribution in [0.1, 0.15) is 24.2 Å².